The van der Waals surface area contributed by atoms with Crippen molar-refractivity contribution in [2.75, 3.05) is 19.0 Å². The highest BCUT2D eigenvalue weighted by molar-refractivity contribution is 5.96. The van der Waals surface area contributed by atoms with Gasteiger partial charge in [0.2, 0.25) is 5.91 Å². The molecule has 1 rings (SSSR count). The smallest absolute Gasteiger partial charge is 0.271 e. The minimum atomic E-state index is -0.518. The molecule has 0 aliphatic rings. The molecule has 0 fully saturated rings. The zero-order chi connectivity index (χ0) is 16.0. The standard InChI is InChI=1S/C14H21N3O4/c1-9(2)8-15-10(3)14(18)16-12-7-11(17(19)20)5-6-13(12)21-4/h5-7,9-10,15H,8H2,1-4H3,(H,16,18). The maximum Gasteiger partial charge on any atom is 0.271 e. The molecule has 2 N–H and O–H groups in total. The van der Waals surface area contributed by atoms with Crippen LogP contribution < -0.4 is 15.4 Å². The Bertz CT molecular complexity index is 517. The fourth-order valence-corrected chi connectivity index (χ4v) is 1.65. The van der Waals surface area contributed by atoms with E-state index in [1.165, 1.54) is 25.3 Å². The second-order valence-electron chi connectivity index (χ2n) is 5.15. The van der Waals surface area contributed by atoms with Gasteiger partial charge in [-0.25, -0.2) is 0 Å². The van der Waals surface area contributed by atoms with Gasteiger partial charge < -0.3 is 15.4 Å². The molecular weight excluding hydrogens is 274 g/mol. The predicted octanol–water partition coefficient (Wildman–Crippen LogP) is 2.18. The maximum atomic E-state index is 12.1. The lowest BCUT2D eigenvalue weighted by molar-refractivity contribution is -0.384. The van der Waals surface area contributed by atoms with Crippen LogP contribution in [0.3, 0.4) is 0 Å². The van der Waals surface area contributed by atoms with E-state index in [1.807, 2.05) is 13.8 Å². The molecule has 1 atom stereocenters. The fraction of sp³-hybridized carbons (Fsp3) is 0.500. The quantitative estimate of drug-likeness (QED) is 0.594. The Morgan fingerprint density at radius 1 is 1.38 bits per heavy atom. The van der Waals surface area contributed by atoms with E-state index < -0.39 is 11.0 Å². The van der Waals surface area contributed by atoms with Crippen molar-refractivity contribution in [2.45, 2.75) is 26.8 Å². The molecule has 0 radical (unpaired) electrons. The summed E-state index contributed by atoms with van der Waals surface area (Å²) in [6.07, 6.45) is 0. The van der Waals surface area contributed by atoms with Crippen LogP contribution in [0.1, 0.15) is 20.8 Å². The van der Waals surface area contributed by atoms with Gasteiger partial charge in [0.1, 0.15) is 5.75 Å². The van der Waals surface area contributed by atoms with Crippen LogP contribution in [0.15, 0.2) is 18.2 Å². The number of amides is 1. The maximum absolute atomic E-state index is 12.1. The van der Waals surface area contributed by atoms with Crippen LogP contribution >= 0.6 is 0 Å². The van der Waals surface area contributed by atoms with E-state index in [0.29, 0.717) is 18.2 Å². The molecule has 0 aliphatic heterocycles. The van der Waals surface area contributed by atoms with Crippen LogP contribution in [0.25, 0.3) is 0 Å². The molecule has 1 aromatic rings. The van der Waals surface area contributed by atoms with E-state index in [0.717, 1.165) is 0 Å². The van der Waals surface area contributed by atoms with Crippen molar-refractivity contribution in [2.24, 2.45) is 5.92 Å². The minimum Gasteiger partial charge on any atom is -0.495 e. The molecule has 1 amide bonds. The average Bonchev–Trinajstić information content (AvgIpc) is 2.44. The fourth-order valence-electron chi connectivity index (χ4n) is 1.65. The number of nitrogens with zero attached hydrogens (tertiary/aromatic N) is 1. The number of ether oxygens (including phenoxy) is 1. The SMILES string of the molecule is COc1ccc([N+](=O)[O-])cc1NC(=O)C(C)NCC(C)C. The molecule has 0 aliphatic carbocycles. The van der Waals surface area contributed by atoms with Crippen molar-refractivity contribution in [3.8, 4) is 5.75 Å². The van der Waals surface area contributed by atoms with Gasteiger partial charge in [0, 0.05) is 12.1 Å². The third-order valence-electron chi connectivity index (χ3n) is 2.88. The van der Waals surface area contributed by atoms with Crippen LogP contribution in [0.2, 0.25) is 0 Å². The largest absolute Gasteiger partial charge is 0.495 e. The van der Waals surface area contributed by atoms with E-state index in [2.05, 4.69) is 10.6 Å². The van der Waals surface area contributed by atoms with Crippen LogP contribution in [0.5, 0.6) is 5.75 Å². The predicted molar refractivity (Wildman–Crippen MR) is 80.6 cm³/mol. The highest BCUT2D eigenvalue weighted by atomic mass is 16.6. The number of nitro benzene ring substituents is 1. The van der Waals surface area contributed by atoms with Gasteiger partial charge in [-0.2, -0.15) is 0 Å². The summed E-state index contributed by atoms with van der Waals surface area (Å²) in [5.41, 5.74) is 0.184. The first-order valence-corrected chi connectivity index (χ1v) is 6.71. The topological polar surface area (TPSA) is 93.5 Å². The number of hydrogen-bond acceptors (Lipinski definition) is 5. The second-order valence-corrected chi connectivity index (χ2v) is 5.15. The van der Waals surface area contributed by atoms with Crippen LogP contribution in [-0.2, 0) is 4.79 Å². The number of non-ortho nitro benzene ring substituents is 1. The number of carbonyl (C=O) groups is 1. The van der Waals surface area contributed by atoms with Crippen LogP contribution in [0.4, 0.5) is 11.4 Å². The highest BCUT2D eigenvalue weighted by Crippen LogP contribution is 2.28. The van der Waals surface area contributed by atoms with Gasteiger partial charge in [0.05, 0.1) is 23.8 Å². The second kappa shape index (κ2) is 7.58. The van der Waals surface area contributed by atoms with E-state index in [-0.39, 0.29) is 17.3 Å². The van der Waals surface area contributed by atoms with Gasteiger partial charge in [0.25, 0.3) is 5.69 Å². The van der Waals surface area contributed by atoms with E-state index in [1.54, 1.807) is 6.92 Å². The number of methoxy groups -OCH3 is 1. The van der Waals surface area contributed by atoms with Crippen molar-refractivity contribution in [3.63, 3.8) is 0 Å². The summed E-state index contributed by atoms with van der Waals surface area (Å²) in [4.78, 5) is 22.3. The number of anilines is 1. The van der Waals surface area contributed by atoms with Gasteiger partial charge in [-0.1, -0.05) is 13.8 Å². The average molecular weight is 295 g/mol. The molecule has 21 heavy (non-hydrogen) atoms. The molecule has 0 bridgehead atoms. The van der Waals surface area contributed by atoms with Gasteiger partial charge in [-0.3, -0.25) is 14.9 Å². The molecule has 0 spiro atoms. The Balaban J connectivity index is 2.82. The van der Waals surface area contributed by atoms with E-state index in [9.17, 15) is 14.9 Å². The van der Waals surface area contributed by atoms with Crippen molar-refractivity contribution >= 4 is 17.3 Å². The first-order chi connectivity index (χ1) is 9.85. The molecular formula is C14H21N3O4. The van der Waals surface area contributed by atoms with Crippen molar-refractivity contribution < 1.29 is 14.5 Å². The molecule has 0 heterocycles. The first-order valence-electron chi connectivity index (χ1n) is 6.71. The summed E-state index contributed by atoms with van der Waals surface area (Å²) in [7, 11) is 1.44. The van der Waals surface area contributed by atoms with Gasteiger partial charge >= 0.3 is 0 Å². The Morgan fingerprint density at radius 2 is 2.05 bits per heavy atom. The Hall–Kier alpha value is -2.15. The first kappa shape index (κ1) is 16.9. The number of hydrogen-bond donors (Lipinski definition) is 2. The summed E-state index contributed by atoms with van der Waals surface area (Å²) >= 11 is 0. The minimum absolute atomic E-state index is 0.103. The Morgan fingerprint density at radius 3 is 2.57 bits per heavy atom. The molecule has 0 saturated heterocycles. The summed E-state index contributed by atoms with van der Waals surface area (Å²) < 4.78 is 5.10. The summed E-state index contributed by atoms with van der Waals surface area (Å²) in [5, 5.41) is 16.5. The number of rotatable bonds is 7. The van der Waals surface area contributed by atoms with E-state index in [4.69, 9.17) is 4.74 Å². The molecule has 0 aromatic heterocycles. The summed E-state index contributed by atoms with van der Waals surface area (Å²) in [5.74, 6) is 0.534. The lowest BCUT2D eigenvalue weighted by Gasteiger charge is -2.16. The zero-order valence-corrected chi connectivity index (χ0v) is 12.7. The number of benzene rings is 1. The third-order valence-corrected chi connectivity index (χ3v) is 2.88. The number of carbonyl (C=O) groups excluding carboxylic acids is 1. The number of nitrogens with one attached hydrogen (secondary N) is 2. The van der Waals surface area contributed by atoms with Gasteiger partial charge in [-0.05, 0) is 25.5 Å². The monoisotopic (exact) mass is 295 g/mol. The summed E-state index contributed by atoms with van der Waals surface area (Å²) in [6, 6.07) is 3.66. The third kappa shape index (κ3) is 5.03. The van der Waals surface area contributed by atoms with Crippen molar-refractivity contribution in [1.82, 2.24) is 5.32 Å². The van der Waals surface area contributed by atoms with Crippen LogP contribution in [-0.4, -0.2) is 30.5 Å². The highest BCUT2D eigenvalue weighted by Gasteiger charge is 2.17. The lowest BCUT2D eigenvalue weighted by Crippen LogP contribution is -2.39. The molecule has 0 saturated carbocycles. The molecule has 7 heteroatoms. The zero-order valence-electron chi connectivity index (χ0n) is 12.7. The normalized spacial score (nSPS) is 12.0. The Labute approximate surface area is 123 Å². The lowest BCUT2D eigenvalue weighted by atomic mass is 10.2. The molecule has 116 valence electrons. The van der Waals surface area contributed by atoms with Crippen molar-refractivity contribution in [1.29, 1.82) is 0 Å². The van der Waals surface area contributed by atoms with Gasteiger partial charge in [0.15, 0.2) is 0 Å². The van der Waals surface area contributed by atoms with Crippen molar-refractivity contribution in [3.05, 3.63) is 28.3 Å². The number of nitro groups is 1. The Kier molecular flexibility index (Phi) is 6.10. The van der Waals surface area contributed by atoms with Gasteiger partial charge in [-0.15, -0.1) is 0 Å². The van der Waals surface area contributed by atoms with E-state index >= 15 is 0 Å². The summed E-state index contributed by atoms with van der Waals surface area (Å²) in [6.45, 7) is 6.53. The molecule has 1 aromatic carbocycles. The van der Waals surface area contributed by atoms with Crippen LogP contribution in [0, 0.1) is 16.0 Å². The molecule has 1 unspecified atom stereocenters. The molecule has 7 nitrogen and oxygen atoms in total.